The van der Waals surface area contributed by atoms with Gasteiger partial charge in [-0.3, -0.25) is 9.89 Å². The number of benzene rings is 1. The van der Waals surface area contributed by atoms with Crippen molar-refractivity contribution in [2.75, 3.05) is 5.01 Å². The summed E-state index contributed by atoms with van der Waals surface area (Å²) in [5, 5.41) is 12.2. The minimum absolute atomic E-state index is 0.316. The molecule has 0 saturated heterocycles. The number of nitrogens with one attached hydrogen (secondary N) is 1. The molecule has 0 saturated carbocycles. The van der Waals surface area contributed by atoms with Crippen molar-refractivity contribution < 1.29 is 22.7 Å². The summed E-state index contributed by atoms with van der Waals surface area (Å²) < 4.78 is 40.3. The lowest BCUT2D eigenvalue weighted by Gasteiger charge is -2.14. The maximum absolute atomic E-state index is 12.6. The van der Waals surface area contributed by atoms with Gasteiger partial charge in [-0.15, -0.1) is 13.2 Å². The van der Waals surface area contributed by atoms with Gasteiger partial charge < -0.3 is 4.74 Å². The van der Waals surface area contributed by atoms with Crippen molar-refractivity contribution in [1.82, 2.24) is 10.2 Å². The second kappa shape index (κ2) is 5.66. The van der Waals surface area contributed by atoms with Crippen LogP contribution in [0.1, 0.15) is 24.2 Å². The SMILES string of the molecule is CC1=NN(c2ccc(OC(F)(F)F)cc2)C(=O)C1c1cc(C)[nH]n1. The lowest BCUT2D eigenvalue weighted by molar-refractivity contribution is -0.274. The first-order valence-corrected chi connectivity index (χ1v) is 7.01. The Morgan fingerprint density at radius 2 is 1.88 bits per heavy atom. The average molecular weight is 338 g/mol. The largest absolute Gasteiger partial charge is 0.573 e. The van der Waals surface area contributed by atoms with Gasteiger partial charge in [0.1, 0.15) is 11.7 Å². The fraction of sp³-hybridized carbons (Fsp3) is 0.267. The zero-order chi connectivity index (χ0) is 17.5. The molecule has 0 bridgehead atoms. The third-order valence-electron chi connectivity index (χ3n) is 3.47. The number of halogens is 3. The molecule has 0 spiro atoms. The van der Waals surface area contributed by atoms with E-state index >= 15 is 0 Å². The molecule has 2 aromatic rings. The van der Waals surface area contributed by atoms with Gasteiger partial charge in [-0.25, -0.2) is 0 Å². The summed E-state index contributed by atoms with van der Waals surface area (Å²) in [6.07, 6.45) is -4.76. The van der Waals surface area contributed by atoms with Crippen LogP contribution in [0.2, 0.25) is 0 Å². The van der Waals surface area contributed by atoms with Gasteiger partial charge in [0.15, 0.2) is 0 Å². The predicted molar refractivity (Wildman–Crippen MR) is 79.8 cm³/mol. The monoisotopic (exact) mass is 338 g/mol. The van der Waals surface area contributed by atoms with Crippen LogP contribution < -0.4 is 9.75 Å². The van der Waals surface area contributed by atoms with Gasteiger partial charge in [-0.1, -0.05) is 0 Å². The molecule has 6 nitrogen and oxygen atoms in total. The van der Waals surface area contributed by atoms with Gasteiger partial charge in [0.25, 0.3) is 5.91 Å². The second-order valence-corrected chi connectivity index (χ2v) is 5.34. The Bertz CT molecular complexity index is 796. The maximum Gasteiger partial charge on any atom is 0.573 e. The molecular weight excluding hydrogens is 325 g/mol. The molecular formula is C15H13F3N4O2. The third-order valence-corrected chi connectivity index (χ3v) is 3.47. The number of amides is 1. The smallest absolute Gasteiger partial charge is 0.406 e. The molecule has 0 aliphatic carbocycles. The van der Waals surface area contributed by atoms with E-state index < -0.39 is 12.3 Å². The Balaban J connectivity index is 1.82. The minimum atomic E-state index is -4.76. The number of aromatic nitrogens is 2. The summed E-state index contributed by atoms with van der Waals surface area (Å²) in [4.78, 5) is 12.6. The van der Waals surface area contributed by atoms with Crippen molar-refractivity contribution in [3.05, 3.63) is 41.7 Å². The van der Waals surface area contributed by atoms with E-state index in [-0.39, 0.29) is 11.7 Å². The highest BCUT2D eigenvalue weighted by molar-refractivity contribution is 6.18. The molecule has 3 rings (SSSR count). The van der Waals surface area contributed by atoms with Gasteiger partial charge in [-0.05, 0) is 44.2 Å². The molecule has 24 heavy (non-hydrogen) atoms. The highest BCUT2D eigenvalue weighted by Crippen LogP contribution is 2.31. The van der Waals surface area contributed by atoms with Crippen LogP contribution in [0.3, 0.4) is 0 Å². The highest BCUT2D eigenvalue weighted by atomic mass is 19.4. The van der Waals surface area contributed by atoms with E-state index in [4.69, 9.17) is 0 Å². The van der Waals surface area contributed by atoms with E-state index in [0.717, 1.165) is 22.8 Å². The van der Waals surface area contributed by atoms with Crippen LogP contribution in [-0.2, 0) is 4.79 Å². The van der Waals surface area contributed by atoms with Gasteiger partial charge in [0.2, 0.25) is 0 Å². The average Bonchev–Trinajstić information content (AvgIpc) is 3.02. The third kappa shape index (κ3) is 3.10. The first kappa shape index (κ1) is 16.0. The maximum atomic E-state index is 12.6. The van der Waals surface area contributed by atoms with Crippen LogP contribution in [0, 0.1) is 6.92 Å². The number of anilines is 1. The zero-order valence-electron chi connectivity index (χ0n) is 12.8. The molecule has 9 heteroatoms. The zero-order valence-corrected chi connectivity index (χ0v) is 12.8. The molecule has 1 aliphatic rings. The number of carbonyl (C=O) groups is 1. The molecule has 0 radical (unpaired) electrons. The number of hydrazone groups is 1. The van der Waals surface area contributed by atoms with E-state index in [1.165, 1.54) is 12.1 Å². The number of hydrogen-bond acceptors (Lipinski definition) is 4. The Morgan fingerprint density at radius 1 is 1.21 bits per heavy atom. The first-order valence-electron chi connectivity index (χ1n) is 7.01. The summed E-state index contributed by atoms with van der Waals surface area (Å²) in [5.41, 5.74) is 2.28. The second-order valence-electron chi connectivity index (χ2n) is 5.34. The Hall–Kier alpha value is -2.84. The lowest BCUT2D eigenvalue weighted by atomic mass is 10.0. The van der Waals surface area contributed by atoms with Crippen molar-refractivity contribution in [2.24, 2.45) is 5.10 Å². The fourth-order valence-corrected chi connectivity index (χ4v) is 2.47. The van der Waals surface area contributed by atoms with Crippen molar-refractivity contribution in [1.29, 1.82) is 0 Å². The number of rotatable bonds is 3. The molecule has 1 aromatic carbocycles. The molecule has 1 N–H and O–H groups in total. The van der Waals surface area contributed by atoms with Gasteiger partial charge in [0, 0.05) is 5.69 Å². The van der Waals surface area contributed by atoms with Crippen molar-refractivity contribution >= 4 is 17.3 Å². The molecule has 2 heterocycles. The molecule has 1 aromatic heterocycles. The van der Waals surface area contributed by atoms with Gasteiger partial charge in [-0.2, -0.15) is 15.2 Å². The van der Waals surface area contributed by atoms with Crippen molar-refractivity contribution in [2.45, 2.75) is 26.1 Å². The molecule has 1 unspecified atom stereocenters. The highest BCUT2D eigenvalue weighted by Gasteiger charge is 2.37. The van der Waals surface area contributed by atoms with E-state index in [1.54, 1.807) is 13.0 Å². The van der Waals surface area contributed by atoms with Gasteiger partial charge in [0.05, 0.1) is 17.1 Å². The van der Waals surface area contributed by atoms with Crippen molar-refractivity contribution in [3.63, 3.8) is 0 Å². The van der Waals surface area contributed by atoms with Crippen molar-refractivity contribution in [3.8, 4) is 5.75 Å². The fourth-order valence-electron chi connectivity index (χ4n) is 2.47. The number of ether oxygens (including phenoxy) is 1. The number of carbonyl (C=O) groups excluding carboxylic acids is 1. The number of aryl methyl sites for hydroxylation is 1. The Morgan fingerprint density at radius 3 is 2.42 bits per heavy atom. The van der Waals surface area contributed by atoms with Crippen LogP contribution in [-0.4, -0.2) is 28.2 Å². The summed E-state index contributed by atoms with van der Waals surface area (Å²) in [6.45, 7) is 3.52. The molecule has 126 valence electrons. The Labute approximate surface area is 134 Å². The predicted octanol–water partition coefficient (Wildman–Crippen LogP) is 3.12. The standard InChI is InChI=1S/C15H13F3N4O2/c1-8-7-12(20-19-8)13-9(2)21-22(14(13)23)10-3-5-11(6-4-10)24-15(16,17)18/h3-7,13H,1-2H3,(H,19,20). The summed E-state index contributed by atoms with van der Waals surface area (Å²) in [5.74, 6) is -1.29. The number of alkyl halides is 3. The van der Waals surface area contributed by atoms with E-state index in [9.17, 15) is 18.0 Å². The van der Waals surface area contributed by atoms with Crippen LogP contribution in [0.4, 0.5) is 18.9 Å². The molecule has 0 fully saturated rings. The van der Waals surface area contributed by atoms with Crippen LogP contribution in [0.5, 0.6) is 5.75 Å². The van der Waals surface area contributed by atoms with Crippen LogP contribution in [0.15, 0.2) is 35.4 Å². The molecule has 1 aliphatic heterocycles. The summed E-state index contributed by atoms with van der Waals surface area (Å²) in [7, 11) is 0. The lowest BCUT2D eigenvalue weighted by Crippen LogP contribution is -2.26. The minimum Gasteiger partial charge on any atom is -0.406 e. The van der Waals surface area contributed by atoms with E-state index in [1.807, 2.05) is 6.92 Å². The molecule has 1 amide bonds. The quantitative estimate of drug-likeness (QED) is 0.935. The van der Waals surface area contributed by atoms with Gasteiger partial charge >= 0.3 is 6.36 Å². The topological polar surface area (TPSA) is 70.6 Å². The summed E-state index contributed by atoms with van der Waals surface area (Å²) in [6, 6.07) is 6.70. The number of aromatic amines is 1. The van der Waals surface area contributed by atoms with E-state index in [0.29, 0.717) is 17.1 Å². The van der Waals surface area contributed by atoms with Crippen LogP contribution in [0.25, 0.3) is 0 Å². The number of nitrogens with zero attached hydrogens (tertiary/aromatic N) is 3. The Kier molecular flexibility index (Phi) is 3.78. The first-order chi connectivity index (χ1) is 11.2. The normalized spacial score (nSPS) is 18.0. The number of H-pyrrole nitrogens is 1. The van der Waals surface area contributed by atoms with E-state index in [2.05, 4.69) is 20.0 Å². The van der Waals surface area contributed by atoms with Crippen LogP contribution >= 0.6 is 0 Å². The summed E-state index contributed by atoms with van der Waals surface area (Å²) >= 11 is 0. The molecule has 1 atom stereocenters. The number of hydrogen-bond donors (Lipinski definition) is 1.